The lowest BCUT2D eigenvalue weighted by atomic mass is 9.58. The third-order valence-electron chi connectivity index (χ3n) is 7.99. The molecule has 1 N–H and O–H groups in total. The molecule has 2 aromatic heterocycles. The van der Waals surface area contributed by atoms with Crippen LogP contribution in [0.1, 0.15) is 43.2 Å². The highest BCUT2D eigenvalue weighted by atomic mass is 19.1. The summed E-state index contributed by atoms with van der Waals surface area (Å²) in [6.07, 6.45) is 9.04. The summed E-state index contributed by atoms with van der Waals surface area (Å²) in [6.45, 7) is 6.20. The average molecular weight is 500 g/mol. The predicted octanol–water partition coefficient (Wildman–Crippen LogP) is 5.32. The van der Waals surface area contributed by atoms with Gasteiger partial charge in [-0.15, -0.1) is 0 Å². The van der Waals surface area contributed by atoms with Crippen LogP contribution in [0.4, 0.5) is 4.39 Å². The second-order valence-corrected chi connectivity index (χ2v) is 10.3. The number of amides is 1. The van der Waals surface area contributed by atoms with Crippen molar-refractivity contribution in [1.82, 2.24) is 15.3 Å². The average Bonchev–Trinajstić information content (AvgIpc) is 3.13. The summed E-state index contributed by atoms with van der Waals surface area (Å²) in [5.41, 5.74) is 1.65. The number of hydrogen-bond donors (Lipinski definition) is 1. The predicted molar refractivity (Wildman–Crippen MR) is 139 cm³/mol. The fourth-order valence-corrected chi connectivity index (χ4v) is 5.95. The Hall–Kier alpha value is -3.87. The van der Waals surface area contributed by atoms with Crippen LogP contribution < -0.4 is 5.32 Å². The van der Waals surface area contributed by atoms with Crippen molar-refractivity contribution in [1.29, 1.82) is 0 Å². The number of nitrogens with one attached hydrogen (secondary N) is 1. The topological polar surface area (TPSA) is 81.2 Å². The summed E-state index contributed by atoms with van der Waals surface area (Å²) in [6, 6.07) is 13.6. The Bertz CT molecular complexity index is 1330. The van der Waals surface area contributed by atoms with Gasteiger partial charge in [-0.05, 0) is 73.1 Å². The fraction of sp³-hybridized carbons (Fsp3) is 0.333. The van der Waals surface area contributed by atoms with E-state index in [0.29, 0.717) is 12.0 Å². The first kappa shape index (κ1) is 24.8. The van der Waals surface area contributed by atoms with E-state index in [-0.39, 0.29) is 47.5 Å². The maximum absolute atomic E-state index is 13.6. The molecule has 0 bridgehead atoms. The molecule has 1 aliphatic heterocycles. The van der Waals surface area contributed by atoms with Crippen LogP contribution in [0.15, 0.2) is 73.2 Å². The number of carbonyl (C=O) groups is 2. The minimum absolute atomic E-state index is 0.0240. The monoisotopic (exact) mass is 499 g/mol. The molecular formula is C30H30FN3O3. The number of allylic oxidation sites excluding steroid dienone is 1. The van der Waals surface area contributed by atoms with Crippen molar-refractivity contribution in [2.24, 2.45) is 23.7 Å². The largest absolute Gasteiger partial charge is 0.460 e. The van der Waals surface area contributed by atoms with Crippen LogP contribution in [0, 0.1) is 29.5 Å². The summed E-state index contributed by atoms with van der Waals surface area (Å²) in [7, 11) is 0. The Kier molecular flexibility index (Phi) is 6.63. The van der Waals surface area contributed by atoms with Crippen molar-refractivity contribution < 1.29 is 18.7 Å². The second kappa shape index (κ2) is 9.88. The number of cyclic esters (lactones) is 1. The van der Waals surface area contributed by atoms with Crippen molar-refractivity contribution >= 4 is 18.0 Å². The number of pyridine rings is 2. The van der Waals surface area contributed by atoms with Crippen molar-refractivity contribution in [3.05, 3.63) is 90.3 Å². The zero-order valence-corrected chi connectivity index (χ0v) is 21.1. The van der Waals surface area contributed by atoms with Crippen LogP contribution >= 0.6 is 0 Å². The van der Waals surface area contributed by atoms with Crippen LogP contribution in [0.3, 0.4) is 0 Å². The van der Waals surface area contributed by atoms with Gasteiger partial charge in [0.15, 0.2) is 0 Å². The van der Waals surface area contributed by atoms with Crippen LogP contribution in [-0.2, 0) is 9.53 Å². The van der Waals surface area contributed by atoms with E-state index in [1.54, 1.807) is 30.6 Å². The lowest BCUT2D eigenvalue weighted by Gasteiger charge is -2.47. The summed E-state index contributed by atoms with van der Waals surface area (Å²) in [5.74, 6) is -0.822. The quantitative estimate of drug-likeness (QED) is 0.481. The number of hydrogen-bond acceptors (Lipinski definition) is 5. The van der Waals surface area contributed by atoms with Gasteiger partial charge in [-0.2, -0.15) is 0 Å². The Labute approximate surface area is 216 Å². The van der Waals surface area contributed by atoms with E-state index in [4.69, 9.17) is 4.74 Å². The first-order chi connectivity index (χ1) is 17.8. The molecule has 0 radical (unpaired) electrons. The molecule has 1 amide bonds. The smallest absolute Gasteiger partial charge is 0.332 e. The van der Waals surface area contributed by atoms with Gasteiger partial charge in [0.25, 0.3) is 5.91 Å². The molecule has 1 saturated carbocycles. The molecule has 6 atom stereocenters. The van der Waals surface area contributed by atoms with Crippen molar-refractivity contribution in [2.75, 3.05) is 0 Å². The van der Waals surface area contributed by atoms with Gasteiger partial charge in [-0.1, -0.05) is 38.1 Å². The number of rotatable bonds is 5. The zero-order chi connectivity index (χ0) is 26.2. The van der Waals surface area contributed by atoms with Gasteiger partial charge in [-0.25, -0.2) is 9.18 Å². The molecule has 3 heterocycles. The SMILES string of the molecule is CC1C[C@@]2(NC(=O)c3cccnc3)C(=O)O[C@H](C)[C@H]2C(/C=C/c2ccc(-c3cccc(F)c3)cn2)C1C. The van der Waals surface area contributed by atoms with Gasteiger partial charge in [0.2, 0.25) is 0 Å². The highest BCUT2D eigenvalue weighted by molar-refractivity contribution is 5.98. The molecule has 190 valence electrons. The number of ether oxygens (including phenoxy) is 1. The number of halogens is 1. The molecule has 1 saturated heterocycles. The van der Waals surface area contributed by atoms with Crippen molar-refractivity contribution in [2.45, 2.75) is 38.8 Å². The molecule has 7 heteroatoms. The molecule has 6 nitrogen and oxygen atoms in total. The number of carbonyl (C=O) groups excluding carboxylic acids is 2. The molecular weight excluding hydrogens is 469 g/mol. The van der Waals surface area contributed by atoms with E-state index in [9.17, 15) is 14.0 Å². The van der Waals surface area contributed by atoms with Crippen LogP contribution in [-0.4, -0.2) is 33.5 Å². The van der Waals surface area contributed by atoms with Gasteiger partial charge >= 0.3 is 5.97 Å². The van der Waals surface area contributed by atoms with Gasteiger partial charge in [0, 0.05) is 30.1 Å². The molecule has 37 heavy (non-hydrogen) atoms. The van der Waals surface area contributed by atoms with Crippen LogP contribution in [0.5, 0.6) is 0 Å². The minimum atomic E-state index is -1.11. The first-order valence-corrected chi connectivity index (χ1v) is 12.6. The summed E-state index contributed by atoms with van der Waals surface area (Å²) < 4.78 is 19.4. The molecule has 5 rings (SSSR count). The Balaban J connectivity index is 1.43. The highest BCUT2D eigenvalue weighted by Gasteiger charge is 2.63. The molecule has 1 aromatic carbocycles. The highest BCUT2D eigenvalue weighted by Crippen LogP contribution is 2.51. The van der Waals surface area contributed by atoms with E-state index < -0.39 is 5.54 Å². The van der Waals surface area contributed by atoms with Crippen LogP contribution in [0.25, 0.3) is 17.2 Å². The lowest BCUT2D eigenvalue weighted by molar-refractivity contribution is -0.146. The number of esters is 1. The molecule has 2 fully saturated rings. The van der Waals surface area contributed by atoms with Crippen LogP contribution in [0.2, 0.25) is 0 Å². The number of fused-ring (bicyclic) bond motifs is 1. The number of nitrogens with zero attached hydrogens (tertiary/aromatic N) is 2. The molecule has 2 aliphatic rings. The molecule has 3 unspecified atom stereocenters. The fourth-order valence-electron chi connectivity index (χ4n) is 5.95. The molecule has 0 spiro atoms. The third-order valence-corrected chi connectivity index (χ3v) is 7.99. The Morgan fingerprint density at radius 1 is 1.11 bits per heavy atom. The third kappa shape index (κ3) is 4.66. The number of aromatic nitrogens is 2. The maximum atomic E-state index is 13.6. The van der Waals surface area contributed by atoms with E-state index in [2.05, 4.69) is 35.2 Å². The minimum Gasteiger partial charge on any atom is -0.460 e. The van der Waals surface area contributed by atoms with Gasteiger partial charge < -0.3 is 10.1 Å². The Morgan fingerprint density at radius 3 is 2.65 bits per heavy atom. The van der Waals surface area contributed by atoms with E-state index in [1.165, 1.54) is 18.3 Å². The van der Waals surface area contributed by atoms with E-state index in [0.717, 1.165) is 16.8 Å². The summed E-state index contributed by atoms with van der Waals surface area (Å²) in [4.78, 5) is 35.0. The normalized spacial score (nSPS) is 29.1. The van der Waals surface area contributed by atoms with Crippen molar-refractivity contribution in [3.8, 4) is 11.1 Å². The number of benzene rings is 1. The zero-order valence-electron chi connectivity index (χ0n) is 21.1. The van der Waals surface area contributed by atoms with Gasteiger partial charge in [-0.3, -0.25) is 14.8 Å². The maximum Gasteiger partial charge on any atom is 0.332 e. The van der Waals surface area contributed by atoms with E-state index >= 15 is 0 Å². The second-order valence-electron chi connectivity index (χ2n) is 10.3. The molecule has 3 aromatic rings. The molecule has 1 aliphatic carbocycles. The summed E-state index contributed by atoms with van der Waals surface area (Å²) in [5, 5.41) is 3.07. The standard InChI is InChI=1S/C30H30FN3O3/c1-18-15-30(34-28(35)23-7-5-13-32-16-23)27(20(3)37-29(30)36)26(19(18)2)12-11-25-10-9-22(17-33-25)21-6-4-8-24(31)14-21/h4-14,16-20,26-27H,15H2,1-3H3,(H,34,35)/b12-11+/t18?,19?,20-,26?,27+,30+/m1/s1. The van der Waals surface area contributed by atoms with Crippen molar-refractivity contribution in [3.63, 3.8) is 0 Å². The lowest BCUT2D eigenvalue weighted by Crippen LogP contribution is -2.63. The Morgan fingerprint density at radius 2 is 1.95 bits per heavy atom. The first-order valence-electron chi connectivity index (χ1n) is 12.6. The van der Waals surface area contributed by atoms with E-state index in [1.807, 2.05) is 31.2 Å². The summed E-state index contributed by atoms with van der Waals surface area (Å²) >= 11 is 0. The van der Waals surface area contributed by atoms with Gasteiger partial charge in [0.1, 0.15) is 17.5 Å². The van der Waals surface area contributed by atoms with Gasteiger partial charge in [0.05, 0.1) is 11.3 Å².